The second-order valence-electron chi connectivity index (χ2n) is 4.34. The molecule has 5 heteroatoms. The van der Waals surface area contributed by atoms with Crippen LogP contribution in [-0.4, -0.2) is 9.78 Å². The van der Waals surface area contributed by atoms with E-state index in [9.17, 15) is 4.79 Å². The van der Waals surface area contributed by atoms with Crippen molar-refractivity contribution >= 4 is 23.1 Å². The van der Waals surface area contributed by atoms with Gasteiger partial charge in [0.1, 0.15) is 4.90 Å². The molecule has 1 aromatic carbocycles. The number of rotatable bonds is 1. The molecule has 0 radical (unpaired) electrons. The molecule has 19 heavy (non-hydrogen) atoms. The summed E-state index contributed by atoms with van der Waals surface area (Å²) in [5.41, 5.74) is 3.05. The average Bonchev–Trinajstić information content (AvgIpc) is 3.04. The van der Waals surface area contributed by atoms with Crippen LogP contribution in [0.1, 0.15) is 4.88 Å². The third-order valence-electron chi connectivity index (χ3n) is 3.22. The van der Waals surface area contributed by atoms with Crippen molar-refractivity contribution in [1.82, 2.24) is 9.78 Å². The molecule has 1 aliphatic rings. The number of nitrogens with zero attached hydrogens (tertiary/aromatic N) is 1. The molecule has 0 unspecified atom stereocenters. The van der Waals surface area contributed by atoms with Crippen molar-refractivity contribution in [3.63, 3.8) is 0 Å². The van der Waals surface area contributed by atoms with E-state index in [1.807, 2.05) is 30.3 Å². The fourth-order valence-electron chi connectivity index (χ4n) is 2.31. The topological polar surface area (TPSA) is 37.8 Å². The lowest BCUT2D eigenvalue weighted by atomic mass is 10.2. The highest BCUT2D eigenvalue weighted by atomic mass is 32.2. The van der Waals surface area contributed by atoms with Crippen LogP contribution in [-0.2, 0) is 5.75 Å². The molecule has 1 aliphatic heterocycles. The second-order valence-corrected chi connectivity index (χ2v) is 6.32. The number of hydrogen-bond donors (Lipinski definition) is 1. The standard InChI is InChI=1S/C14H10N2OS2/c17-14-13-12(10-6-7-18-11(10)8-19-13)15-16(14)9-4-2-1-3-5-9/h1-7,15H,8H2. The Bertz CT molecular complexity index is 798. The normalized spacial score (nSPS) is 13.1. The fraction of sp³-hybridized carbons (Fsp3) is 0.0714. The Hall–Kier alpha value is -1.72. The summed E-state index contributed by atoms with van der Waals surface area (Å²) >= 11 is 3.37. The Kier molecular flexibility index (Phi) is 2.43. The van der Waals surface area contributed by atoms with Crippen molar-refractivity contribution in [3.8, 4) is 16.9 Å². The summed E-state index contributed by atoms with van der Waals surface area (Å²) < 4.78 is 1.63. The Morgan fingerprint density at radius 3 is 2.84 bits per heavy atom. The van der Waals surface area contributed by atoms with E-state index in [-0.39, 0.29) is 5.56 Å². The van der Waals surface area contributed by atoms with Crippen LogP contribution in [0, 0.1) is 0 Å². The molecule has 4 rings (SSSR count). The Labute approximate surface area is 117 Å². The number of para-hydroxylation sites is 1. The van der Waals surface area contributed by atoms with Gasteiger partial charge in [0.15, 0.2) is 0 Å². The first-order valence-corrected chi connectivity index (χ1v) is 7.81. The van der Waals surface area contributed by atoms with Crippen molar-refractivity contribution in [2.75, 3.05) is 0 Å². The van der Waals surface area contributed by atoms with Gasteiger partial charge in [0, 0.05) is 16.2 Å². The molecule has 0 saturated heterocycles. The minimum atomic E-state index is 0.0445. The average molecular weight is 286 g/mol. The number of fused-ring (bicyclic) bond motifs is 3. The second kappa shape index (κ2) is 4.15. The number of hydrogen-bond acceptors (Lipinski definition) is 3. The Morgan fingerprint density at radius 1 is 1.16 bits per heavy atom. The number of nitrogens with one attached hydrogen (secondary N) is 1. The zero-order valence-electron chi connectivity index (χ0n) is 9.92. The molecular formula is C14H10N2OS2. The first kappa shape index (κ1) is 11.1. The largest absolute Gasteiger partial charge is 0.289 e. The maximum Gasteiger partial charge on any atom is 0.285 e. The van der Waals surface area contributed by atoms with Gasteiger partial charge in [-0.2, -0.15) is 0 Å². The lowest BCUT2D eigenvalue weighted by Crippen LogP contribution is -2.15. The van der Waals surface area contributed by atoms with Gasteiger partial charge in [-0.3, -0.25) is 9.89 Å². The molecular weight excluding hydrogens is 276 g/mol. The third-order valence-corrected chi connectivity index (χ3v) is 5.43. The Morgan fingerprint density at radius 2 is 2.00 bits per heavy atom. The maximum atomic E-state index is 12.5. The first-order valence-electron chi connectivity index (χ1n) is 5.94. The molecule has 94 valence electrons. The molecule has 0 saturated carbocycles. The minimum absolute atomic E-state index is 0.0445. The van der Waals surface area contributed by atoms with Crippen LogP contribution in [0.5, 0.6) is 0 Å². The third kappa shape index (κ3) is 1.62. The van der Waals surface area contributed by atoms with E-state index in [4.69, 9.17) is 0 Å². The summed E-state index contributed by atoms with van der Waals surface area (Å²) in [6.45, 7) is 0. The summed E-state index contributed by atoms with van der Waals surface area (Å²) in [6, 6.07) is 11.8. The number of aromatic nitrogens is 2. The number of aromatic amines is 1. The summed E-state index contributed by atoms with van der Waals surface area (Å²) in [6.07, 6.45) is 0. The van der Waals surface area contributed by atoms with Crippen LogP contribution in [0.4, 0.5) is 0 Å². The lowest BCUT2D eigenvalue weighted by Gasteiger charge is -2.08. The van der Waals surface area contributed by atoms with Gasteiger partial charge < -0.3 is 0 Å². The van der Waals surface area contributed by atoms with Crippen molar-refractivity contribution in [2.24, 2.45) is 0 Å². The highest BCUT2D eigenvalue weighted by molar-refractivity contribution is 7.98. The fourth-order valence-corrected chi connectivity index (χ4v) is 4.37. The van der Waals surface area contributed by atoms with Gasteiger partial charge >= 0.3 is 0 Å². The molecule has 3 heterocycles. The van der Waals surface area contributed by atoms with Gasteiger partial charge in [0.2, 0.25) is 0 Å². The molecule has 0 amide bonds. The van der Waals surface area contributed by atoms with E-state index in [0.29, 0.717) is 0 Å². The molecule has 3 aromatic rings. The van der Waals surface area contributed by atoms with E-state index in [1.54, 1.807) is 27.8 Å². The number of H-pyrrole nitrogens is 1. The van der Waals surface area contributed by atoms with Gasteiger partial charge in [-0.05, 0) is 23.6 Å². The van der Waals surface area contributed by atoms with Crippen LogP contribution in [0.25, 0.3) is 16.9 Å². The highest BCUT2D eigenvalue weighted by Crippen LogP contribution is 2.41. The van der Waals surface area contributed by atoms with Gasteiger partial charge in [0.05, 0.1) is 11.4 Å². The predicted octanol–water partition coefficient (Wildman–Crippen LogP) is 3.50. The summed E-state index contributed by atoms with van der Waals surface area (Å²) in [4.78, 5) is 14.6. The molecule has 0 spiro atoms. The summed E-state index contributed by atoms with van der Waals surface area (Å²) in [5.74, 6) is 0.891. The molecule has 0 aliphatic carbocycles. The van der Waals surface area contributed by atoms with Gasteiger partial charge in [0.25, 0.3) is 5.56 Å². The van der Waals surface area contributed by atoms with Gasteiger partial charge in [-0.25, -0.2) is 4.68 Å². The Balaban J connectivity index is 1.97. The number of thioether (sulfide) groups is 1. The molecule has 0 bridgehead atoms. The molecule has 3 nitrogen and oxygen atoms in total. The van der Waals surface area contributed by atoms with Gasteiger partial charge in [-0.15, -0.1) is 23.1 Å². The van der Waals surface area contributed by atoms with E-state index >= 15 is 0 Å². The van der Waals surface area contributed by atoms with Crippen LogP contribution >= 0.6 is 23.1 Å². The van der Waals surface area contributed by atoms with E-state index in [2.05, 4.69) is 16.5 Å². The zero-order valence-corrected chi connectivity index (χ0v) is 11.6. The smallest absolute Gasteiger partial charge is 0.285 e. The van der Waals surface area contributed by atoms with E-state index < -0.39 is 0 Å². The van der Waals surface area contributed by atoms with Crippen molar-refractivity contribution < 1.29 is 0 Å². The zero-order chi connectivity index (χ0) is 12.8. The van der Waals surface area contributed by atoms with E-state index in [1.165, 1.54) is 10.4 Å². The molecule has 2 aromatic heterocycles. The van der Waals surface area contributed by atoms with E-state index in [0.717, 1.165) is 22.0 Å². The highest BCUT2D eigenvalue weighted by Gasteiger charge is 2.24. The first-order chi connectivity index (χ1) is 9.34. The van der Waals surface area contributed by atoms with Crippen LogP contribution in [0.15, 0.2) is 51.5 Å². The maximum absolute atomic E-state index is 12.5. The molecule has 0 atom stereocenters. The minimum Gasteiger partial charge on any atom is -0.289 e. The van der Waals surface area contributed by atoms with Gasteiger partial charge in [-0.1, -0.05) is 18.2 Å². The summed E-state index contributed by atoms with van der Waals surface area (Å²) in [5, 5.41) is 5.33. The lowest BCUT2D eigenvalue weighted by molar-refractivity contribution is 0.849. The van der Waals surface area contributed by atoms with Crippen molar-refractivity contribution in [2.45, 2.75) is 10.6 Å². The van der Waals surface area contributed by atoms with Crippen LogP contribution in [0.2, 0.25) is 0 Å². The quantitative estimate of drug-likeness (QED) is 0.743. The predicted molar refractivity (Wildman–Crippen MR) is 79.3 cm³/mol. The molecule has 0 fully saturated rings. The molecule has 1 N–H and O–H groups in total. The summed E-state index contributed by atoms with van der Waals surface area (Å²) in [7, 11) is 0. The SMILES string of the molecule is O=c1c2c([nH]n1-c1ccccc1)-c1ccsc1CS2. The van der Waals surface area contributed by atoms with Crippen LogP contribution in [0.3, 0.4) is 0 Å². The number of benzene rings is 1. The monoisotopic (exact) mass is 286 g/mol. The van der Waals surface area contributed by atoms with Crippen molar-refractivity contribution in [3.05, 3.63) is 57.0 Å². The number of thiophene rings is 1. The van der Waals surface area contributed by atoms with Crippen molar-refractivity contribution in [1.29, 1.82) is 0 Å². The van der Waals surface area contributed by atoms with Crippen LogP contribution < -0.4 is 5.56 Å².